The van der Waals surface area contributed by atoms with Crippen LogP contribution in [0.1, 0.15) is 30.0 Å². The zero-order valence-electron chi connectivity index (χ0n) is 11.7. The van der Waals surface area contributed by atoms with Crippen molar-refractivity contribution in [1.29, 1.82) is 0 Å². The SMILES string of the molecule is O=S(=O)(NC1CCCc2ccccc21)c1ccc(Cl)cc1Cl. The molecule has 1 unspecified atom stereocenters. The lowest BCUT2D eigenvalue weighted by molar-refractivity contribution is 0.507. The molecule has 0 radical (unpaired) electrons. The molecule has 3 nitrogen and oxygen atoms in total. The molecule has 0 aromatic heterocycles. The molecule has 0 saturated carbocycles. The standard InChI is InChI=1S/C16H15Cl2NO2S/c17-12-8-9-16(14(18)10-12)22(20,21)19-15-7-3-5-11-4-1-2-6-13(11)15/h1-2,4,6,8-10,15,19H,3,5,7H2. The summed E-state index contributed by atoms with van der Waals surface area (Å²) in [6.07, 6.45) is 2.72. The molecule has 2 aromatic carbocycles. The fourth-order valence-electron chi connectivity index (χ4n) is 2.82. The highest BCUT2D eigenvalue weighted by atomic mass is 35.5. The van der Waals surface area contributed by atoms with Gasteiger partial charge < -0.3 is 0 Å². The third-order valence-electron chi connectivity index (χ3n) is 3.85. The van der Waals surface area contributed by atoms with Crippen molar-refractivity contribution < 1.29 is 8.42 Å². The van der Waals surface area contributed by atoms with Crippen molar-refractivity contribution >= 4 is 33.2 Å². The molecule has 3 rings (SSSR count). The number of hydrogen-bond donors (Lipinski definition) is 1. The van der Waals surface area contributed by atoms with Crippen molar-refractivity contribution in [2.24, 2.45) is 0 Å². The molecule has 1 atom stereocenters. The third-order valence-corrected chi connectivity index (χ3v) is 6.04. The Morgan fingerprint density at radius 3 is 2.64 bits per heavy atom. The molecular weight excluding hydrogens is 341 g/mol. The normalized spacial score (nSPS) is 18.0. The van der Waals surface area contributed by atoms with E-state index in [0.717, 1.165) is 24.8 Å². The maximum atomic E-state index is 12.6. The topological polar surface area (TPSA) is 46.2 Å². The molecule has 0 saturated heterocycles. The maximum Gasteiger partial charge on any atom is 0.242 e. The van der Waals surface area contributed by atoms with Gasteiger partial charge in [0, 0.05) is 11.1 Å². The van der Waals surface area contributed by atoms with E-state index < -0.39 is 10.0 Å². The van der Waals surface area contributed by atoms with Crippen LogP contribution in [0.2, 0.25) is 10.0 Å². The minimum Gasteiger partial charge on any atom is -0.207 e. The van der Waals surface area contributed by atoms with Gasteiger partial charge in [0.05, 0.1) is 5.02 Å². The Balaban J connectivity index is 1.93. The molecule has 0 amide bonds. The number of aryl methyl sites for hydroxylation is 1. The van der Waals surface area contributed by atoms with E-state index in [1.165, 1.54) is 23.8 Å². The van der Waals surface area contributed by atoms with Gasteiger partial charge in [0.15, 0.2) is 0 Å². The van der Waals surface area contributed by atoms with Gasteiger partial charge in [0.2, 0.25) is 10.0 Å². The van der Waals surface area contributed by atoms with E-state index >= 15 is 0 Å². The highest BCUT2D eigenvalue weighted by molar-refractivity contribution is 7.89. The van der Waals surface area contributed by atoms with Crippen LogP contribution in [0.15, 0.2) is 47.4 Å². The van der Waals surface area contributed by atoms with Crippen LogP contribution in [-0.4, -0.2) is 8.42 Å². The highest BCUT2D eigenvalue weighted by Crippen LogP contribution is 2.32. The predicted molar refractivity (Wildman–Crippen MR) is 88.9 cm³/mol. The van der Waals surface area contributed by atoms with Crippen molar-refractivity contribution in [3.63, 3.8) is 0 Å². The van der Waals surface area contributed by atoms with Crippen LogP contribution in [0.3, 0.4) is 0 Å². The average molecular weight is 356 g/mol. The van der Waals surface area contributed by atoms with Crippen molar-refractivity contribution in [1.82, 2.24) is 4.72 Å². The van der Waals surface area contributed by atoms with E-state index in [4.69, 9.17) is 23.2 Å². The summed E-state index contributed by atoms with van der Waals surface area (Å²) in [5.74, 6) is 0. The van der Waals surface area contributed by atoms with Gasteiger partial charge in [0.1, 0.15) is 4.90 Å². The van der Waals surface area contributed by atoms with Crippen LogP contribution in [0.4, 0.5) is 0 Å². The zero-order chi connectivity index (χ0) is 15.7. The Labute approximate surface area is 140 Å². The van der Waals surface area contributed by atoms with Crippen LogP contribution < -0.4 is 4.72 Å². The molecule has 6 heteroatoms. The van der Waals surface area contributed by atoms with Gasteiger partial charge in [-0.2, -0.15) is 0 Å². The Bertz CT molecular complexity index is 806. The number of fused-ring (bicyclic) bond motifs is 1. The van der Waals surface area contributed by atoms with E-state index in [9.17, 15) is 8.42 Å². The van der Waals surface area contributed by atoms with Crippen LogP contribution in [0.5, 0.6) is 0 Å². The molecule has 1 aliphatic carbocycles. The molecular formula is C16H15Cl2NO2S. The first-order valence-corrected chi connectivity index (χ1v) is 9.26. The quantitative estimate of drug-likeness (QED) is 0.889. The van der Waals surface area contributed by atoms with E-state index in [1.807, 2.05) is 24.3 Å². The van der Waals surface area contributed by atoms with Crippen LogP contribution in [-0.2, 0) is 16.4 Å². The van der Waals surface area contributed by atoms with Crippen molar-refractivity contribution in [3.8, 4) is 0 Å². The Kier molecular flexibility index (Phi) is 4.46. The summed E-state index contributed by atoms with van der Waals surface area (Å²) < 4.78 is 28.0. The smallest absolute Gasteiger partial charge is 0.207 e. The zero-order valence-corrected chi connectivity index (χ0v) is 14.0. The van der Waals surface area contributed by atoms with E-state index in [0.29, 0.717) is 5.02 Å². The Morgan fingerprint density at radius 2 is 1.86 bits per heavy atom. The van der Waals surface area contributed by atoms with Crippen LogP contribution in [0, 0.1) is 0 Å². The van der Waals surface area contributed by atoms with E-state index in [1.54, 1.807) is 0 Å². The molecule has 0 spiro atoms. The maximum absolute atomic E-state index is 12.6. The molecule has 1 aliphatic rings. The Morgan fingerprint density at radius 1 is 1.09 bits per heavy atom. The number of nitrogens with one attached hydrogen (secondary N) is 1. The molecule has 0 aliphatic heterocycles. The summed E-state index contributed by atoms with van der Waals surface area (Å²) in [5, 5.41) is 0.538. The number of sulfonamides is 1. The van der Waals surface area contributed by atoms with Gasteiger partial charge in [-0.1, -0.05) is 47.5 Å². The average Bonchev–Trinajstić information content (AvgIpc) is 2.47. The second-order valence-electron chi connectivity index (χ2n) is 5.34. The van der Waals surface area contributed by atoms with Crippen LogP contribution >= 0.6 is 23.2 Å². The van der Waals surface area contributed by atoms with E-state index in [-0.39, 0.29) is 16.0 Å². The predicted octanol–water partition coefficient (Wildman–Crippen LogP) is 4.35. The molecule has 22 heavy (non-hydrogen) atoms. The lowest BCUT2D eigenvalue weighted by atomic mass is 9.88. The largest absolute Gasteiger partial charge is 0.242 e. The number of rotatable bonds is 3. The summed E-state index contributed by atoms with van der Waals surface area (Å²) >= 11 is 11.9. The van der Waals surface area contributed by atoms with Gasteiger partial charge in [-0.05, 0) is 48.6 Å². The Hall–Kier alpha value is -1.07. The lowest BCUT2D eigenvalue weighted by Crippen LogP contribution is -2.31. The van der Waals surface area contributed by atoms with Crippen molar-refractivity contribution in [3.05, 3.63) is 63.6 Å². The number of benzene rings is 2. The van der Waals surface area contributed by atoms with E-state index in [2.05, 4.69) is 4.72 Å². The molecule has 0 fully saturated rings. The summed E-state index contributed by atoms with van der Waals surface area (Å²) in [7, 11) is -3.69. The number of halogens is 2. The molecule has 0 bridgehead atoms. The second kappa shape index (κ2) is 6.20. The summed E-state index contributed by atoms with van der Waals surface area (Å²) in [6.45, 7) is 0. The molecule has 1 N–H and O–H groups in total. The molecule has 2 aromatic rings. The van der Waals surface area contributed by atoms with Gasteiger partial charge in [0.25, 0.3) is 0 Å². The van der Waals surface area contributed by atoms with Gasteiger partial charge in [-0.25, -0.2) is 13.1 Å². The lowest BCUT2D eigenvalue weighted by Gasteiger charge is -2.26. The van der Waals surface area contributed by atoms with Crippen LogP contribution in [0.25, 0.3) is 0 Å². The monoisotopic (exact) mass is 355 g/mol. The first-order chi connectivity index (χ1) is 10.5. The van der Waals surface area contributed by atoms with Gasteiger partial charge in [-0.3, -0.25) is 0 Å². The minimum absolute atomic E-state index is 0.0571. The fraction of sp³-hybridized carbons (Fsp3) is 0.250. The first kappa shape index (κ1) is 15.8. The summed E-state index contributed by atoms with van der Waals surface area (Å²) in [6, 6.07) is 12.1. The van der Waals surface area contributed by atoms with Gasteiger partial charge in [-0.15, -0.1) is 0 Å². The first-order valence-electron chi connectivity index (χ1n) is 7.02. The minimum atomic E-state index is -3.69. The third kappa shape index (κ3) is 3.15. The van der Waals surface area contributed by atoms with Gasteiger partial charge >= 0.3 is 0 Å². The molecule has 0 heterocycles. The van der Waals surface area contributed by atoms with Crippen molar-refractivity contribution in [2.75, 3.05) is 0 Å². The summed E-state index contributed by atoms with van der Waals surface area (Å²) in [4.78, 5) is 0.0571. The van der Waals surface area contributed by atoms with Crippen molar-refractivity contribution in [2.45, 2.75) is 30.2 Å². The number of hydrogen-bond acceptors (Lipinski definition) is 2. The molecule has 116 valence electrons. The fourth-order valence-corrected chi connectivity index (χ4v) is 4.84. The summed E-state index contributed by atoms with van der Waals surface area (Å²) in [5.41, 5.74) is 2.24. The second-order valence-corrected chi connectivity index (χ2v) is 7.87. The highest BCUT2D eigenvalue weighted by Gasteiger charge is 2.26.